The number of carbonyl (C=O) groups excluding carboxylic acids is 1. The van der Waals surface area contributed by atoms with Gasteiger partial charge in [-0.25, -0.2) is 14.3 Å². The van der Waals surface area contributed by atoms with E-state index in [2.05, 4.69) is 5.10 Å². The summed E-state index contributed by atoms with van der Waals surface area (Å²) in [6.45, 7) is 4.47. The van der Waals surface area contributed by atoms with Crippen LogP contribution in [0, 0.1) is 13.8 Å². The third kappa shape index (κ3) is 3.10. The zero-order valence-corrected chi connectivity index (χ0v) is 16.2. The van der Waals surface area contributed by atoms with E-state index in [1.165, 1.54) is 4.90 Å². The number of aryl methyl sites for hydroxylation is 2. The fraction of sp³-hybridized carbons (Fsp3) is 0.429. The molecule has 1 aromatic carbocycles. The molecular formula is C21H24N4O3. The highest BCUT2D eigenvalue weighted by molar-refractivity contribution is 5.92. The van der Waals surface area contributed by atoms with Crippen LogP contribution in [0.4, 0.5) is 0 Å². The van der Waals surface area contributed by atoms with Crippen LogP contribution >= 0.6 is 0 Å². The summed E-state index contributed by atoms with van der Waals surface area (Å²) < 4.78 is 1.85. The largest absolute Gasteiger partial charge is 0.480 e. The van der Waals surface area contributed by atoms with Crippen molar-refractivity contribution in [3.8, 4) is 0 Å². The van der Waals surface area contributed by atoms with E-state index in [1.54, 1.807) is 0 Å². The first-order valence-corrected chi connectivity index (χ1v) is 9.73. The van der Waals surface area contributed by atoms with E-state index in [4.69, 9.17) is 4.98 Å². The van der Waals surface area contributed by atoms with Gasteiger partial charge in [-0.1, -0.05) is 12.1 Å². The molecule has 4 rings (SSSR count). The number of carbonyl (C=O) groups is 2. The molecular weight excluding hydrogens is 356 g/mol. The van der Waals surface area contributed by atoms with Crippen molar-refractivity contribution in [1.82, 2.24) is 19.5 Å². The van der Waals surface area contributed by atoms with Crippen molar-refractivity contribution >= 4 is 28.4 Å². The van der Waals surface area contributed by atoms with Gasteiger partial charge in [0, 0.05) is 29.7 Å². The minimum Gasteiger partial charge on any atom is -0.480 e. The Hall–Kier alpha value is -2.96. The maximum absolute atomic E-state index is 12.7. The number of hydrogen-bond acceptors (Lipinski definition) is 4. The van der Waals surface area contributed by atoms with E-state index in [1.807, 2.05) is 42.6 Å². The van der Waals surface area contributed by atoms with Gasteiger partial charge in [0.25, 0.3) is 0 Å². The molecule has 1 amide bonds. The molecule has 146 valence electrons. The van der Waals surface area contributed by atoms with E-state index < -0.39 is 12.0 Å². The SMILES string of the molecule is Cc1nc2c3ccccc3nn2c(C)c1CCC(=O)N1CCCC[C@@H]1C(=O)O. The summed E-state index contributed by atoms with van der Waals surface area (Å²) in [6, 6.07) is 7.20. The van der Waals surface area contributed by atoms with Crippen LogP contribution in [0.25, 0.3) is 16.6 Å². The molecule has 1 saturated heterocycles. The van der Waals surface area contributed by atoms with Crippen LogP contribution in [0.3, 0.4) is 0 Å². The number of aromatic nitrogens is 3. The van der Waals surface area contributed by atoms with Crippen LogP contribution in [0.2, 0.25) is 0 Å². The first-order valence-electron chi connectivity index (χ1n) is 9.73. The number of amides is 1. The molecule has 0 unspecified atom stereocenters. The molecule has 1 atom stereocenters. The Morgan fingerprint density at radius 3 is 2.79 bits per heavy atom. The normalized spacial score (nSPS) is 17.4. The monoisotopic (exact) mass is 380 g/mol. The molecule has 1 fully saturated rings. The number of piperidine rings is 1. The average Bonchev–Trinajstić information content (AvgIpc) is 3.06. The Morgan fingerprint density at radius 2 is 2.00 bits per heavy atom. The van der Waals surface area contributed by atoms with Gasteiger partial charge in [-0.3, -0.25) is 4.79 Å². The fourth-order valence-electron chi connectivity index (χ4n) is 4.20. The van der Waals surface area contributed by atoms with Crippen LogP contribution in [-0.4, -0.2) is 49.1 Å². The van der Waals surface area contributed by atoms with Crippen molar-refractivity contribution in [3.63, 3.8) is 0 Å². The second kappa shape index (κ2) is 7.22. The Balaban J connectivity index is 1.60. The summed E-state index contributed by atoms with van der Waals surface area (Å²) >= 11 is 0. The smallest absolute Gasteiger partial charge is 0.326 e. The number of carboxylic acid groups (broad SMARTS) is 1. The predicted molar refractivity (Wildman–Crippen MR) is 105 cm³/mol. The lowest BCUT2D eigenvalue weighted by atomic mass is 10.0. The lowest BCUT2D eigenvalue weighted by Gasteiger charge is -2.33. The molecule has 0 saturated carbocycles. The zero-order valence-electron chi connectivity index (χ0n) is 16.2. The second-order valence-electron chi connectivity index (χ2n) is 7.45. The Kier molecular flexibility index (Phi) is 4.75. The third-order valence-electron chi connectivity index (χ3n) is 5.72. The molecule has 1 aliphatic heterocycles. The number of rotatable bonds is 4. The molecule has 0 bridgehead atoms. The quantitative estimate of drug-likeness (QED) is 0.752. The third-order valence-corrected chi connectivity index (χ3v) is 5.72. The molecule has 1 aliphatic rings. The van der Waals surface area contributed by atoms with Crippen LogP contribution in [0.1, 0.15) is 42.6 Å². The summed E-state index contributed by atoms with van der Waals surface area (Å²) in [5.74, 6) is -1.01. The van der Waals surface area contributed by atoms with Crippen molar-refractivity contribution in [2.45, 2.75) is 52.0 Å². The maximum atomic E-state index is 12.7. The lowest BCUT2D eigenvalue weighted by molar-refractivity contribution is -0.152. The van der Waals surface area contributed by atoms with Crippen LogP contribution in [0.5, 0.6) is 0 Å². The van der Waals surface area contributed by atoms with Gasteiger partial charge in [0.2, 0.25) is 5.91 Å². The summed E-state index contributed by atoms with van der Waals surface area (Å²) in [7, 11) is 0. The number of benzene rings is 1. The van der Waals surface area contributed by atoms with Crippen LogP contribution in [-0.2, 0) is 16.0 Å². The minimum absolute atomic E-state index is 0.100. The van der Waals surface area contributed by atoms with Gasteiger partial charge in [0.15, 0.2) is 5.65 Å². The molecule has 7 heteroatoms. The molecule has 2 aromatic heterocycles. The highest BCUT2D eigenvalue weighted by Gasteiger charge is 2.31. The lowest BCUT2D eigenvalue weighted by Crippen LogP contribution is -2.48. The molecule has 3 aromatic rings. The Morgan fingerprint density at radius 1 is 1.21 bits per heavy atom. The van der Waals surface area contributed by atoms with E-state index in [0.717, 1.165) is 46.3 Å². The molecule has 1 N–H and O–H groups in total. The molecule has 3 heterocycles. The van der Waals surface area contributed by atoms with E-state index in [9.17, 15) is 14.7 Å². The zero-order chi connectivity index (χ0) is 19.8. The van der Waals surface area contributed by atoms with E-state index in [-0.39, 0.29) is 12.3 Å². The van der Waals surface area contributed by atoms with Gasteiger partial charge < -0.3 is 10.0 Å². The predicted octanol–water partition coefficient (Wildman–Crippen LogP) is 2.90. The summed E-state index contributed by atoms with van der Waals surface area (Å²) in [5.41, 5.74) is 4.57. The van der Waals surface area contributed by atoms with E-state index >= 15 is 0 Å². The van der Waals surface area contributed by atoms with Gasteiger partial charge in [-0.05, 0) is 57.2 Å². The van der Waals surface area contributed by atoms with Gasteiger partial charge in [-0.2, -0.15) is 5.10 Å². The van der Waals surface area contributed by atoms with E-state index in [0.29, 0.717) is 19.4 Å². The molecule has 0 aliphatic carbocycles. The van der Waals surface area contributed by atoms with Gasteiger partial charge >= 0.3 is 5.97 Å². The Bertz CT molecular complexity index is 1070. The van der Waals surface area contributed by atoms with Crippen LogP contribution in [0.15, 0.2) is 24.3 Å². The van der Waals surface area contributed by atoms with Crippen LogP contribution < -0.4 is 0 Å². The standard InChI is InChI=1S/C21H24N4O3/c1-13-15(10-11-19(26)24-12-6-5-9-18(24)21(27)28)14(2)25-20(22-13)16-7-3-4-8-17(16)23-25/h3-4,7-8,18H,5-6,9-12H2,1-2H3,(H,27,28)/t18-/m1/s1. The number of carboxylic acids is 1. The van der Waals surface area contributed by atoms with Crippen molar-refractivity contribution in [3.05, 3.63) is 41.2 Å². The first-order chi connectivity index (χ1) is 13.5. The molecule has 7 nitrogen and oxygen atoms in total. The molecule has 0 radical (unpaired) electrons. The number of fused-ring (bicyclic) bond motifs is 3. The number of likely N-dealkylation sites (tertiary alicyclic amines) is 1. The summed E-state index contributed by atoms with van der Waals surface area (Å²) in [5, 5.41) is 15.1. The number of hydrogen-bond donors (Lipinski definition) is 1. The highest BCUT2D eigenvalue weighted by atomic mass is 16.4. The van der Waals surface area contributed by atoms with Crippen molar-refractivity contribution in [2.75, 3.05) is 6.54 Å². The van der Waals surface area contributed by atoms with Gasteiger partial charge in [-0.15, -0.1) is 0 Å². The Labute approximate surface area is 163 Å². The molecule has 0 spiro atoms. The highest BCUT2D eigenvalue weighted by Crippen LogP contribution is 2.24. The fourth-order valence-corrected chi connectivity index (χ4v) is 4.20. The van der Waals surface area contributed by atoms with Crippen molar-refractivity contribution in [2.24, 2.45) is 0 Å². The summed E-state index contributed by atoms with van der Waals surface area (Å²) in [6.07, 6.45) is 3.05. The first kappa shape index (κ1) is 18.4. The number of aliphatic carboxylic acids is 1. The minimum atomic E-state index is -0.910. The van der Waals surface area contributed by atoms with Gasteiger partial charge in [0.05, 0.1) is 5.52 Å². The van der Waals surface area contributed by atoms with Gasteiger partial charge in [0.1, 0.15) is 6.04 Å². The van der Waals surface area contributed by atoms with Crippen molar-refractivity contribution < 1.29 is 14.7 Å². The average molecular weight is 380 g/mol. The summed E-state index contributed by atoms with van der Waals surface area (Å²) in [4.78, 5) is 30.5. The maximum Gasteiger partial charge on any atom is 0.326 e. The number of nitrogens with zero attached hydrogens (tertiary/aromatic N) is 4. The van der Waals surface area contributed by atoms with Crippen molar-refractivity contribution in [1.29, 1.82) is 0 Å². The topological polar surface area (TPSA) is 87.8 Å². The molecule has 28 heavy (non-hydrogen) atoms. The second-order valence-corrected chi connectivity index (χ2v) is 7.45.